The molecular weight excluding hydrogens is 120 g/mol. The van der Waals surface area contributed by atoms with Gasteiger partial charge in [-0.1, -0.05) is 0 Å². The number of nitrogens with one attached hydrogen (secondary N) is 1. The topological polar surface area (TPSA) is 54.6 Å². The van der Waals surface area contributed by atoms with Crippen LogP contribution in [-0.2, 0) is 6.54 Å². The van der Waals surface area contributed by atoms with E-state index in [0.29, 0.717) is 6.54 Å². The van der Waals surface area contributed by atoms with Crippen molar-refractivity contribution < 1.29 is 4.42 Å². The second-order valence-corrected chi connectivity index (χ2v) is 1.56. The molecule has 1 aromatic rings. The SMILES string of the molecule is O=NNCc1ccoc1. The first kappa shape index (κ1) is 5.81. The fourth-order valence-corrected chi connectivity index (χ4v) is 0.517. The molecule has 1 aromatic heterocycles. The molecule has 0 aromatic carbocycles. The van der Waals surface area contributed by atoms with E-state index in [9.17, 15) is 4.91 Å². The molecular formula is C5H6N2O2. The van der Waals surface area contributed by atoms with Crippen molar-refractivity contribution >= 4 is 0 Å². The second-order valence-electron chi connectivity index (χ2n) is 1.56. The first-order chi connectivity index (χ1) is 4.43. The van der Waals surface area contributed by atoms with Gasteiger partial charge in [0.1, 0.15) is 0 Å². The number of nitrogens with zero attached hydrogens (tertiary/aromatic N) is 1. The van der Waals surface area contributed by atoms with Crippen molar-refractivity contribution in [1.82, 2.24) is 5.43 Å². The molecule has 1 heterocycles. The predicted octanol–water partition coefficient (Wildman–Crippen LogP) is 1.05. The Bertz CT molecular complexity index is 171. The van der Waals surface area contributed by atoms with Crippen LogP contribution in [0.25, 0.3) is 0 Å². The fraction of sp³-hybridized carbons (Fsp3) is 0.200. The van der Waals surface area contributed by atoms with Crippen molar-refractivity contribution in [3.63, 3.8) is 0 Å². The highest BCUT2D eigenvalue weighted by molar-refractivity contribution is 5.03. The maximum atomic E-state index is 9.51. The first-order valence-electron chi connectivity index (χ1n) is 2.50. The lowest BCUT2D eigenvalue weighted by molar-refractivity contribution is 0.561. The van der Waals surface area contributed by atoms with Crippen LogP contribution in [0.5, 0.6) is 0 Å². The van der Waals surface area contributed by atoms with Crippen molar-refractivity contribution in [2.75, 3.05) is 0 Å². The van der Waals surface area contributed by atoms with Crippen LogP contribution in [-0.4, -0.2) is 0 Å². The normalized spacial score (nSPS) is 8.89. The maximum Gasteiger partial charge on any atom is 0.0953 e. The summed E-state index contributed by atoms with van der Waals surface area (Å²) in [6.45, 7) is 0.431. The van der Waals surface area contributed by atoms with E-state index in [1.165, 1.54) is 0 Å². The third kappa shape index (κ3) is 1.56. The Hall–Kier alpha value is -1.32. The van der Waals surface area contributed by atoms with Gasteiger partial charge in [0, 0.05) is 10.8 Å². The molecule has 0 saturated carbocycles. The number of furan rings is 1. The Morgan fingerprint density at radius 1 is 1.78 bits per heavy atom. The smallest absolute Gasteiger partial charge is 0.0953 e. The van der Waals surface area contributed by atoms with Gasteiger partial charge >= 0.3 is 0 Å². The predicted molar refractivity (Wildman–Crippen MR) is 31.3 cm³/mol. The number of nitroso groups, excluding NO2 is 1. The van der Waals surface area contributed by atoms with Crippen LogP contribution in [0.3, 0.4) is 0 Å². The van der Waals surface area contributed by atoms with Crippen LogP contribution in [0.2, 0.25) is 0 Å². The molecule has 0 aliphatic heterocycles. The molecule has 0 saturated heterocycles. The Balaban J connectivity index is 2.38. The van der Waals surface area contributed by atoms with Crippen LogP contribution in [0.4, 0.5) is 0 Å². The van der Waals surface area contributed by atoms with E-state index in [0.717, 1.165) is 5.56 Å². The Kier molecular flexibility index (Phi) is 1.85. The Morgan fingerprint density at radius 3 is 3.22 bits per heavy atom. The van der Waals surface area contributed by atoms with Crippen molar-refractivity contribution in [3.05, 3.63) is 29.1 Å². The monoisotopic (exact) mass is 126 g/mol. The highest BCUT2D eigenvalue weighted by atomic mass is 16.3. The fourth-order valence-electron chi connectivity index (χ4n) is 0.517. The average molecular weight is 126 g/mol. The lowest BCUT2D eigenvalue weighted by Crippen LogP contribution is -2.01. The highest BCUT2D eigenvalue weighted by Gasteiger charge is 1.89. The summed E-state index contributed by atoms with van der Waals surface area (Å²) >= 11 is 0. The number of hydrogen-bond donors (Lipinski definition) is 1. The van der Waals surface area contributed by atoms with Crippen LogP contribution in [0.15, 0.2) is 28.3 Å². The van der Waals surface area contributed by atoms with Crippen molar-refractivity contribution in [3.8, 4) is 0 Å². The van der Waals surface area contributed by atoms with Gasteiger partial charge in [-0.25, -0.2) is 0 Å². The third-order valence-corrected chi connectivity index (χ3v) is 0.928. The Morgan fingerprint density at radius 2 is 2.67 bits per heavy atom. The standard InChI is InChI=1S/C5H6N2O2/c8-7-6-3-5-1-2-9-4-5/h1-2,4H,3H2,(H,6,8). The minimum absolute atomic E-state index is 0.431. The molecule has 1 rings (SSSR count). The largest absolute Gasteiger partial charge is 0.472 e. The summed E-state index contributed by atoms with van der Waals surface area (Å²) in [5, 5.41) is 2.47. The lowest BCUT2D eigenvalue weighted by Gasteiger charge is -1.87. The third-order valence-electron chi connectivity index (χ3n) is 0.928. The summed E-state index contributed by atoms with van der Waals surface area (Å²) in [6, 6.07) is 1.76. The van der Waals surface area contributed by atoms with Gasteiger partial charge in [-0.05, 0) is 6.07 Å². The molecule has 9 heavy (non-hydrogen) atoms. The van der Waals surface area contributed by atoms with E-state index in [1.54, 1.807) is 18.6 Å². The van der Waals surface area contributed by atoms with Crippen LogP contribution >= 0.6 is 0 Å². The zero-order chi connectivity index (χ0) is 6.53. The molecule has 1 N–H and O–H groups in total. The molecule has 0 amide bonds. The molecule has 0 unspecified atom stereocenters. The van der Waals surface area contributed by atoms with E-state index in [-0.39, 0.29) is 0 Å². The van der Waals surface area contributed by atoms with Crippen LogP contribution in [0.1, 0.15) is 5.56 Å². The summed E-state index contributed by atoms with van der Waals surface area (Å²) in [5.74, 6) is 0. The van der Waals surface area contributed by atoms with E-state index in [1.807, 2.05) is 0 Å². The van der Waals surface area contributed by atoms with Crippen molar-refractivity contribution in [1.29, 1.82) is 0 Å². The molecule has 0 aliphatic rings. The zero-order valence-electron chi connectivity index (χ0n) is 4.70. The van der Waals surface area contributed by atoms with Gasteiger partial charge < -0.3 is 4.42 Å². The molecule has 0 radical (unpaired) electrons. The molecule has 0 atom stereocenters. The quantitative estimate of drug-likeness (QED) is 0.486. The van der Waals surface area contributed by atoms with Crippen LogP contribution in [0, 0.1) is 4.91 Å². The van der Waals surface area contributed by atoms with E-state index >= 15 is 0 Å². The molecule has 0 fully saturated rings. The Labute approximate surface area is 51.8 Å². The minimum Gasteiger partial charge on any atom is -0.472 e. The van der Waals surface area contributed by atoms with Gasteiger partial charge in [0.2, 0.25) is 0 Å². The maximum absolute atomic E-state index is 9.51. The first-order valence-corrected chi connectivity index (χ1v) is 2.50. The van der Waals surface area contributed by atoms with E-state index in [2.05, 4.69) is 10.7 Å². The van der Waals surface area contributed by atoms with Gasteiger partial charge in [0.15, 0.2) is 0 Å². The summed E-state index contributed by atoms with van der Waals surface area (Å²) in [6.07, 6.45) is 3.10. The minimum atomic E-state index is 0.431. The van der Waals surface area contributed by atoms with Gasteiger partial charge in [0.05, 0.1) is 19.1 Å². The van der Waals surface area contributed by atoms with Gasteiger partial charge in [-0.15, -0.1) is 4.91 Å². The van der Waals surface area contributed by atoms with E-state index < -0.39 is 0 Å². The summed E-state index contributed by atoms with van der Waals surface area (Å²) in [4.78, 5) is 9.51. The summed E-state index contributed by atoms with van der Waals surface area (Å²) in [5.41, 5.74) is 3.17. The van der Waals surface area contributed by atoms with E-state index in [4.69, 9.17) is 4.42 Å². The van der Waals surface area contributed by atoms with Crippen molar-refractivity contribution in [2.45, 2.75) is 6.54 Å². The van der Waals surface area contributed by atoms with Gasteiger partial charge in [-0.3, -0.25) is 5.43 Å². The summed E-state index contributed by atoms with van der Waals surface area (Å²) in [7, 11) is 0. The zero-order valence-corrected chi connectivity index (χ0v) is 4.70. The molecule has 48 valence electrons. The summed E-state index contributed by atoms with van der Waals surface area (Å²) < 4.78 is 4.73. The lowest BCUT2D eigenvalue weighted by atomic mass is 10.3. The van der Waals surface area contributed by atoms with Crippen molar-refractivity contribution in [2.24, 2.45) is 5.29 Å². The molecule has 0 aliphatic carbocycles. The molecule has 4 heteroatoms. The molecule has 0 spiro atoms. The second kappa shape index (κ2) is 2.86. The average Bonchev–Trinajstić information content (AvgIpc) is 2.34. The highest BCUT2D eigenvalue weighted by Crippen LogP contribution is 1.97. The molecule has 4 nitrogen and oxygen atoms in total. The number of hydrogen-bond acceptors (Lipinski definition) is 3. The van der Waals surface area contributed by atoms with Crippen LogP contribution < -0.4 is 5.43 Å². The van der Waals surface area contributed by atoms with Gasteiger partial charge in [0.25, 0.3) is 0 Å². The van der Waals surface area contributed by atoms with Gasteiger partial charge in [-0.2, -0.15) is 0 Å². The number of rotatable bonds is 3. The molecule has 0 bridgehead atoms.